The van der Waals surface area contributed by atoms with E-state index in [1.807, 2.05) is 43.3 Å². The van der Waals surface area contributed by atoms with Crippen molar-refractivity contribution in [3.63, 3.8) is 0 Å². The third kappa shape index (κ3) is 9.34. The molecule has 0 amide bonds. The maximum Gasteiger partial charge on any atom is 0.232 e. The molecule has 0 fully saturated rings. The standard InChI is InChI=1S/C31H48N8O/c1-10-30(7,8)39-25-17-13-15-23(19-25)34-28-36-26(31(9,11-2)32-20-21(3)40)35-27(37-28)33-22-14-12-16-24(18-22)38-29(4,5)6/h12-19,21,32,38-40H,10-11,20H2,1-9H3,(H2,33,34,35,36,37). The zero-order valence-electron chi connectivity index (χ0n) is 25.6. The molecule has 3 aromatic rings. The molecule has 9 heteroatoms. The number of rotatable bonds is 13. The van der Waals surface area contributed by atoms with Crippen LogP contribution in [-0.4, -0.2) is 43.8 Å². The van der Waals surface area contributed by atoms with Crippen LogP contribution in [0.3, 0.4) is 0 Å². The number of hydrogen-bond acceptors (Lipinski definition) is 9. The van der Waals surface area contributed by atoms with Gasteiger partial charge in [0.2, 0.25) is 11.9 Å². The molecule has 6 N–H and O–H groups in total. The quantitative estimate of drug-likeness (QED) is 0.138. The molecule has 1 aromatic heterocycles. The smallest absolute Gasteiger partial charge is 0.232 e. The fourth-order valence-corrected chi connectivity index (χ4v) is 3.99. The molecule has 0 bridgehead atoms. The Bertz CT molecular complexity index is 1250. The van der Waals surface area contributed by atoms with Gasteiger partial charge in [-0.2, -0.15) is 15.0 Å². The normalized spacial score (nSPS) is 14.2. The summed E-state index contributed by atoms with van der Waals surface area (Å²) in [6.07, 6.45) is 1.22. The summed E-state index contributed by atoms with van der Waals surface area (Å²) in [5, 5.41) is 27.2. The van der Waals surface area contributed by atoms with Crippen molar-refractivity contribution in [2.24, 2.45) is 0 Å². The van der Waals surface area contributed by atoms with Crippen LogP contribution in [0.25, 0.3) is 0 Å². The van der Waals surface area contributed by atoms with Gasteiger partial charge in [0.15, 0.2) is 5.82 Å². The van der Waals surface area contributed by atoms with E-state index in [1.165, 1.54) is 0 Å². The number of aliphatic hydroxyl groups excluding tert-OH is 1. The van der Waals surface area contributed by atoms with E-state index in [9.17, 15) is 5.11 Å². The van der Waals surface area contributed by atoms with E-state index in [0.717, 1.165) is 35.6 Å². The van der Waals surface area contributed by atoms with Crippen LogP contribution < -0.4 is 26.6 Å². The Morgan fingerprint density at radius 1 is 0.725 bits per heavy atom. The topological polar surface area (TPSA) is 119 Å². The van der Waals surface area contributed by atoms with Gasteiger partial charge < -0.3 is 31.7 Å². The Balaban J connectivity index is 1.98. The number of nitrogens with zero attached hydrogens (tertiary/aromatic N) is 3. The Morgan fingerprint density at radius 3 is 1.68 bits per heavy atom. The predicted octanol–water partition coefficient (Wildman–Crippen LogP) is 6.77. The van der Waals surface area contributed by atoms with Crippen molar-refractivity contribution in [1.82, 2.24) is 20.3 Å². The highest BCUT2D eigenvalue weighted by atomic mass is 16.3. The minimum absolute atomic E-state index is 0.0229. The van der Waals surface area contributed by atoms with Crippen molar-refractivity contribution in [2.45, 2.75) is 97.9 Å². The summed E-state index contributed by atoms with van der Waals surface area (Å²) in [7, 11) is 0. The average Bonchev–Trinajstić information content (AvgIpc) is 2.86. The minimum Gasteiger partial charge on any atom is -0.392 e. The van der Waals surface area contributed by atoms with Crippen molar-refractivity contribution in [3.05, 3.63) is 54.4 Å². The van der Waals surface area contributed by atoms with Gasteiger partial charge in [0, 0.05) is 40.4 Å². The third-order valence-corrected chi connectivity index (χ3v) is 6.75. The fourth-order valence-electron chi connectivity index (χ4n) is 3.99. The molecule has 0 aliphatic carbocycles. The third-order valence-electron chi connectivity index (χ3n) is 6.75. The number of anilines is 6. The lowest BCUT2D eigenvalue weighted by molar-refractivity contribution is 0.170. The van der Waals surface area contributed by atoms with Crippen LogP contribution in [-0.2, 0) is 5.54 Å². The highest BCUT2D eigenvalue weighted by Crippen LogP contribution is 2.28. The first-order valence-electron chi connectivity index (χ1n) is 14.2. The van der Waals surface area contributed by atoms with Gasteiger partial charge in [0.05, 0.1) is 11.6 Å². The molecule has 2 aromatic carbocycles. The van der Waals surface area contributed by atoms with Crippen molar-refractivity contribution >= 4 is 34.6 Å². The summed E-state index contributed by atoms with van der Waals surface area (Å²) < 4.78 is 0. The van der Waals surface area contributed by atoms with Crippen LogP contribution >= 0.6 is 0 Å². The van der Waals surface area contributed by atoms with Crippen LogP contribution in [0.2, 0.25) is 0 Å². The fraction of sp³-hybridized carbons (Fsp3) is 0.516. The SMILES string of the molecule is CCC(C)(C)Nc1cccc(Nc2nc(Nc3cccc(NC(C)(C)C)c3)nc(C(C)(CC)NCC(C)O)n2)c1. The molecule has 40 heavy (non-hydrogen) atoms. The molecule has 0 aliphatic rings. The number of aromatic nitrogens is 3. The number of aliphatic hydroxyl groups is 1. The lowest BCUT2D eigenvalue weighted by Crippen LogP contribution is -2.44. The zero-order chi connectivity index (χ0) is 29.6. The van der Waals surface area contributed by atoms with Gasteiger partial charge in [-0.3, -0.25) is 0 Å². The summed E-state index contributed by atoms with van der Waals surface area (Å²) in [5.74, 6) is 1.45. The summed E-state index contributed by atoms with van der Waals surface area (Å²) in [6.45, 7) is 19.2. The lowest BCUT2D eigenvalue weighted by Gasteiger charge is -2.29. The maximum atomic E-state index is 9.94. The van der Waals surface area contributed by atoms with Crippen LogP contribution in [0.5, 0.6) is 0 Å². The first kappa shape index (κ1) is 31.1. The van der Waals surface area contributed by atoms with Gasteiger partial charge in [-0.15, -0.1) is 0 Å². The largest absolute Gasteiger partial charge is 0.392 e. The van der Waals surface area contributed by atoms with E-state index >= 15 is 0 Å². The summed E-state index contributed by atoms with van der Waals surface area (Å²) in [6, 6.07) is 16.2. The van der Waals surface area contributed by atoms with E-state index in [0.29, 0.717) is 24.3 Å². The monoisotopic (exact) mass is 548 g/mol. The Kier molecular flexibility index (Phi) is 9.97. The number of hydrogen-bond donors (Lipinski definition) is 6. The molecule has 0 saturated heterocycles. The zero-order valence-corrected chi connectivity index (χ0v) is 25.6. The van der Waals surface area contributed by atoms with Crippen molar-refractivity contribution in [2.75, 3.05) is 27.8 Å². The highest BCUT2D eigenvalue weighted by molar-refractivity contribution is 5.64. The Labute approximate surface area is 240 Å². The molecule has 3 rings (SSSR count). The summed E-state index contributed by atoms with van der Waals surface area (Å²) in [5.41, 5.74) is 3.09. The predicted molar refractivity (Wildman–Crippen MR) is 168 cm³/mol. The number of benzene rings is 2. The second-order valence-corrected chi connectivity index (χ2v) is 12.4. The molecular weight excluding hydrogens is 500 g/mol. The van der Waals surface area contributed by atoms with Crippen LogP contribution in [0.4, 0.5) is 34.6 Å². The molecule has 0 aliphatic heterocycles. The second-order valence-electron chi connectivity index (χ2n) is 12.4. The van der Waals surface area contributed by atoms with E-state index in [2.05, 4.69) is 87.2 Å². The summed E-state index contributed by atoms with van der Waals surface area (Å²) in [4.78, 5) is 14.4. The molecule has 1 heterocycles. The molecule has 0 saturated carbocycles. The van der Waals surface area contributed by atoms with E-state index < -0.39 is 11.6 Å². The molecule has 2 unspecified atom stereocenters. The van der Waals surface area contributed by atoms with Gasteiger partial charge in [-0.05, 0) is 97.7 Å². The Morgan fingerprint density at radius 2 is 1.23 bits per heavy atom. The van der Waals surface area contributed by atoms with E-state index in [-0.39, 0.29) is 11.1 Å². The molecule has 218 valence electrons. The molecule has 0 radical (unpaired) electrons. The van der Waals surface area contributed by atoms with E-state index in [4.69, 9.17) is 15.0 Å². The van der Waals surface area contributed by atoms with Gasteiger partial charge in [-0.1, -0.05) is 26.0 Å². The van der Waals surface area contributed by atoms with Gasteiger partial charge in [-0.25, -0.2) is 0 Å². The molecular formula is C31H48N8O. The van der Waals surface area contributed by atoms with Crippen LogP contribution in [0.1, 0.15) is 81.0 Å². The molecule has 2 atom stereocenters. The maximum absolute atomic E-state index is 9.94. The summed E-state index contributed by atoms with van der Waals surface area (Å²) >= 11 is 0. The van der Waals surface area contributed by atoms with Crippen molar-refractivity contribution in [3.8, 4) is 0 Å². The first-order valence-corrected chi connectivity index (χ1v) is 14.2. The lowest BCUT2D eigenvalue weighted by atomic mass is 9.97. The molecule has 9 nitrogen and oxygen atoms in total. The van der Waals surface area contributed by atoms with Gasteiger partial charge in [0.1, 0.15) is 0 Å². The van der Waals surface area contributed by atoms with Crippen LogP contribution in [0.15, 0.2) is 48.5 Å². The van der Waals surface area contributed by atoms with Crippen LogP contribution in [0, 0.1) is 0 Å². The average molecular weight is 549 g/mol. The Hall–Kier alpha value is -3.43. The highest BCUT2D eigenvalue weighted by Gasteiger charge is 2.29. The number of nitrogens with one attached hydrogen (secondary N) is 5. The second kappa shape index (κ2) is 12.8. The minimum atomic E-state index is -0.572. The van der Waals surface area contributed by atoms with Crippen molar-refractivity contribution < 1.29 is 5.11 Å². The van der Waals surface area contributed by atoms with Gasteiger partial charge in [0.25, 0.3) is 0 Å². The first-order chi connectivity index (χ1) is 18.7. The van der Waals surface area contributed by atoms with Crippen molar-refractivity contribution in [1.29, 1.82) is 0 Å². The van der Waals surface area contributed by atoms with E-state index in [1.54, 1.807) is 6.92 Å². The van der Waals surface area contributed by atoms with Gasteiger partial charge >= 0.3 is 0 Å². The molecule has 0 spiro atoms.